The number of anilines is 2. The van der Waals surface area contributed by atoms with Crippen LogP contribution in [0.25, 0.3) is 11.2 Å². The number of nitrogens with zero attached hydrogens (tertiary/aromatic N) is 4. The molecule has 1 fully saturated rings. The quantitative estimate of drug-likeness (QED) is 0.440. The molecule has 3 heterocycles. The zero-order valence-corrected chi connectivity index (χ0v) is 18.1. The topological polar surface area (TPSA) is 117 Å². The number of hydrogen-bond acceptors (Lipinski definition) is 9. The van der Waals surface area contributed by atoms with Gasteiger partial charge in [0.1, 0.15) is 6.33 Å². The number of halogens is 2. The number of rotatable bonds is 5. The SMILES string of the molecule is C#C[C@H]1O[C@@H](n2cnc3c(Nc4cccc(Cl)c4F)ncnc32)[C@H](OC(C)=O)[C@H]1OC(C)=O. The first-order valence-corrected chi connectivity index (χ1v) is 10.0. The maximum atomic E-state index is 14.3. The van der Waals surface area contributed by atoms with E-state index in [1.165, 1.54) is 43.2 Å². The molecule has 2 aromatic heterocycles. The third-order valence-electron chi connectivity index (χ3n) is 4.80. The molecule has 0 bridgehead atoms. The Balaban J connectivity index is 1.74. The van der Waals surface area contributed by atoms with Crippen LogP contribution in [0.1, 0.15) is 20.1 Å². The summed E-state index contributed by atoms with van der Waals surface area (Å²) in [5.74, 6) is 0.703. The number of terminal acetylenes is 1. The minimum Gasteiger partial charge on any atom is -0.455 e. The lowest BCUT2D eigenvalue weighted by molar-refractivity contribution is -0.165. The maximum Gasteiger partial charge on any atom is 0.303 e. The number of benzene rings is 1. The number of carbonyl (C=O) groups excluding carboxylic acids is 2. The smallest absolute Gasteiger partial charge is 0.303 e. The lowest BCUT2D eigenvalue weighted by Crippen LogP contribution is -2.38. The minimum absolute atomic E-state index is 0.0590. The van der Waals surface area contributed by atoms with E-state index in [2.05, 4.69) is 26.2 Å². The maximum absolute atomic E-state index is 14.3. The van der Waals surface area contributed by atoms with Crippen molar-refractivity contribution in [2.45, 2.75) is 38.4 Å². The summed E-state index contributed by atoms with van der Waals surface area (Å²) in [5.41, 5.74) is 0.640. The zero-order chi connectivity index (χ0) is 23.7. The summed E-state index contributed by atoms with van der Waals surface area (Å²) in [4.78, 5) is 36.0. The summed E-state index contributed by atoms with van der Waals surface area (Å²) in [6, 6.07) is 4.49. The van der Waals surface area contributed by atoms with Gasteiger partial charge in [0.2, 0.25) is 0 Å². The lowest BCUT2D eigenvalue weighted by atomic mass is 10.1. The van der Waals surface area contributed by atoms with Crippen LogP contribution in [-0.2, 0) is 23.8 Å². The molecule has 0 unspecified atom stereocenters. The average molecular weight is 474 g/mol. The normalized spacial score (nSPS) is 22.0. The number of esters is 2. The molecule has 4 rings (SSSR count). The monoisotopic (exact) mass is 473 g/mol. The second-order valence-corrected chi connectivity index (χ2v) is 7.44. The Kier molecular flexibility index (Phi) is 6.13. The van der Waals surface area contributed by atoms with Crippen molar-refractivity contribution in [2.24, 2.45) is 0 Å². The van der Waals surface area contributed by atoms with Crippen LogP contribution in [-0.4, -0.2) is 49.8 Å². The molecule has 0 spiro atoms. The van der Waals surface area contributed by atoms with E-state index in [1.54, 1.807) is 6.07 Å². The highest BCUT2D eigenvalue weighted by Crippen LogP contribution is 2.36. The fraction of sp³-hybridized carbons (Fsp3) is 0.286. The zero-order valence-electron chi connectivity index (χ0n) is 17.4. The molecular formula is C21H17ClFN5O5. The fourth-order valence-electron chi connectivity index (χ4n) is 3.49. The van der Waals surface area contributed by atoms with Crippen molar-refractivity contribution in [3.8, 4) is 12.3 Å². The molecule has 0 saturated carbocycles. The van der Waals surface area contributed by atoms with E-state index in [0.717, 1.165) is 0 Å². The summed E-state index contributed by atoms with van der Waals surface area (Å²) in [6.07, 6.45) is 4.06. The molecular weight excluding hydrogens is 457 g/mol. The molecule has 1 aromatic carbocycles. The van der Waals surface area contributed by atoms with Crippen LogP contribution < -0.4 is 5.32 Å². The second kappa shape index (κ2) is 9.01. The van der Waals surface area contributed by atoms with Crippen LogP contribution in [0.2, 0.25) is 5.02 Å². The largest absolute Gasteiger partial charge is 0.455 e. The van der Waals surface area contributed by atoms with E-state index in [9.17, 15) is 14.0 Å². The predicted molar refractivity (Wildman–Crippen MR) is 114 cm³/mol. The number of hydrogen-bond donors (Lipinski definition) is 1. The highest BCUT2D eigenvalue weighted by molar-refractivity contribution is 6.31. The van der Waals surface area contributed by atoms with Crippen molar-refractivity contribution >= 4 is 46.2 Å². The van der Waals surface area contributed by atoms with E-state index in [1.807, 2.05) is 0 Å². The van der Waals surface area contributed by atoms with Crippen LogP contribution in [0.15, 0.2) is 30.9 Å². The van der Waals surface area contributed by atoms with Crippen molar-refractivity contribution in [1.29, 1.82) is 0 Å². The van der Waals surface area contributed by atoms with Crippen LogP contribution in [0.3, 0.4) is 0 Å². The molecule has 1 aliphatic rings. The van der Waals surface area contributed by atoms with Crippen molar-refractivity contribution < 1.29 is 28.2 Å². The Labute approximate surface area is 192 Å². The number of ether oxygens (including phenoxy) is 3. The van der Waals surface area contributed by atoms with Gasteiger partial charge >= 0.3 is 11.9 Å². The van der Waals surface area contributed by atoms with Gasteiger partial charge in [0.15, 0.2) is 47.3 Å². The van der Waals surface area contributed by atoms with Gasteiger partial charge in [-0.15, -0.1) is 6.42 Å². The van der Waals surface area contributed by atoms with Crippen LogP contribution in [0.4, 0.5) is 15.9 Å². The summed E-state index contributed by atoms with van der Waals surface area (Å²) in [5, 5.41) is 2.78. The fourth-order valence-corrected chi connectivity index (χ4v) is 3.67. The highest BCUT2D eigenvalue weighted by atomic mass is 35.5. The van der Waals surface area contributed by atoms with E-state index in [0.29, 0.717) is 0 Å². The van der Waals surface area contributed by atoms with E-state index >= 15 is 0 Å². The molecule has 10 nitrogen and oxygen atoms in total. The number of nitrogens with one attached hydrogen (secondary N) is 1. The Hall–Kier alpha value is -3.75. The first-order valence-electron chi connectivity index (χ1n) is 9.64. The Morgan fingerprint density at radius 1 is 1.21 bits per heavy atom. The molecule has 0 aliphatic carbocycles. The van der Waals surface area contributed by atoms with Crippen molar-refractivity contribution in [3.05, 3.63) is 41.7 Å². The van der Waals surface area contributed by atoms with Gasteiger partial charge in [-0.2, -0.15) is 0 Å². The summed E-state index contributed by atoms with van der Waals surface area (Å²) >= 11 is 5.85. The Bertz CT molecular complexity index is 1280. The second-order valence-electron chi connectivity index (χ2n) is 7.03. The van der Waals surface area contributed by atoms with Gasteiger partial charge in [0.25, 0.3) is 0 Å². The predicted octanol–water partition coefficient (Wildman–Crippen LogP) is 2.76. The standard InChI is InChI=1S/C21H17ClFN5O5/c1-4-14-17(31-10(2)29)18(32-11(3)30)21(33-14)28-9-26-16-19(24-8-25-20(16)28)27-13-7-5-6-12(22)15(13)23/h1,5-9,14,17-18,21H,2-3H3,(H,24,25,27)/t14-,17+,18-,21-/m1/s1. The van der Waals surface area contributed by atoms with Crippen LogP contribution >= 0.6 is 11.6 Å². The molecule has 12 heteroatoms. The average Bonchev–Trinajstić information content (AvgIpc) is 3.33. The molecule has 1 N–H and O–H groups in total. The molecule has 170 valence electrons. The summed E-state index contributed by atoms with van der Waals surface area (Å²) < 4.78 is 32.3. The third kappa shape index (κ3) is 4.30. The first-order chi connectivity index (χ1) is 15.8. The van der Waals surface area contributed by atoms with Gasteiger partial charge in [-0.3, -0.25) is 14.2 Å². The van der Waals surface area contributed by atoms with Crippen molar-refractivity contribution in [3.63, 3.8) is 0 Å². The van der Waals surface area contributed by atoms with Gasteiger partial charge in [-0.05, 0) is 12.1 Å². The molecule has 0 amide bonds. The molecule has 4 atom stereocenters. The van der Waals surface area contributed by atoms with Crippen molar-refractivity contribution in [2.75, 3.05) is 5.32 Å². The molecule has 1 saturated heterocycles. The van der Waals surface area contributed by atoms with E-state index < -0.39 is 42.3 Å². The lowest BCUT2D eigenvalue weighted by Gasteiger charge is -2.23. The van der Waals surface area contributed by atoms with Gasteiger partial charge in [-0.1, -0.05) is 23.6 Å². The van der Waals surface area contributed by atoms with Crippen molar-refractivity contribution in [1.82, 2.24) is 19.5 Å². The minimum atomic E-state index is -1.07. The van der Waals surface area contributed by atoms with Gasteiger partial charge in [0.05, 0.1) is 17.0 Å². The molecule has 3 aromatic rings. The first kappa shape index (κ1) is 22.4. The van der Waals surface area contributed by atoms with Gasteiger partial charge in [-0.25, -0.2) is 19.3 Å². The number of fused-ring (bicyclic) bond motifs is 1. The Morgan fingerprint density at radius 3 is 2.64 bits per heavy atom. The van der Waals surface area contributed by atoms with E-state index in [-0.39, 0.29) is 27.7 Å². The summed E-state index contributed by atoms with van der Waals surface area (Å²) in [6.45, 7) is 2.42. The van der Waals surface area contributed by atoms with Gasteiger partial charge < -0.3 is 19.5 Å². The molecule has 0 radical (unpaired) electrons. The van der Waals surface area contributed by atoms with Crippen LogP contribution in [0, 0.1) is 18.2 Å². The summed E-state index contributed by atoms with van der Waals surface area (Å²) in [7, 11) is 0. The number of imidazole rings is 1. The number of aromatic nitrogens is 4. The van der Waals surface area contributed by atoms with Gasteiger partial charge in [0, 0.05) is 13.8 Å². The molecule has 33 heavy (non-hydrogen) atoms. The molecule has 1 aliphatic heterocycles. The number of carbonyl (C=O) groups is 2. The van der Waals surface area contributed by atoms with Crippen LogP contribution in [0.5, 0.6) is 0 Å². The Morgan fingerprint density at radius 2 is 1.94 bits per heavy atom. The van der Waals surface area contributed by atoms with E-state index in [4.69, 9.17) is 32.2 Å². The highest BCUT2D eigenvalue weighted by Gasteiger charge is 2.50. The third-order valence-corrected chi connectivity index (χ3v) is 5.09.